The van der Waals surface area contributed by atoms with Crippen LogP contribution in [0.2, 0.25) is 0 Å². The van der Waals surface area contributed by atoms with E-state index in [1.807, 2.05) is 0 Å². The molecule has 22 heavy (non-hydrogen) atoms. The molecule has 0 fully saturated rings. The van der Waals surface area contributed by atoms with E-state index in [0.29, 0.717) is 13.2 Å². The largest absolute Gasteiger partial charge is 0.493 e. The maximum absolute atomic E-state index is 8.28. The van der Waals surface area contributed by atoms with E-state index in [0.717, 1.165) is 18.6 Å². The molecule has 4 nitrogen and oxygen atoms in total. The molecule has 0 aliphatic heterocycles. The van der Waals surface area contributed by atoms with Crippen LogP contribution in [0.3, 0.4) is 0 Å². The van der Waals surface area contributed by atoms with Crippen molar-refractivity contribution in [1.82, 2.24) is 0 Å². The summed E-state index contributed by atoms with van der Waals surface area (Å²) in [7, 11) is 0. The second kappa shape index (κ2) is 7.55. The normalized spacial score (nSPS) is 11.9. The van der Waals surface area contributed by atoms with Crippen LogP contribution in [0, 0.1) is 0 Å². The molecule has 1 rings (SSSR count). The van der Waals surface area contributed by atoms with Crippen LogP contribution in [0.5, 0.6) is 5.75 Å². The lowest BCUT2D eigenvalue weighted by Crippen LogP contribution is -2.19. The molecule has 0 atom stereocenters. The average Bonchev–Trinajstić information content (AvgIpc) is 2.40. The number of rotatable bonds is 6. The Labute approximate surface area is 134 Å². The molecule has 4 heteroatoms. The van der Waals surface area contributed by atoms with Crippen molar-refractivity contribution in [2.75, 3.05) is 13.2 Å². The van der Waals surface area contributed by atoms with Crippen molar-refractivity contribution >= 4 is 0 Å². The highest BCUT2D eigenvalue weighted by Crippen LogP contribution is 2.39. The topological polar surface area (TPSA) is 58.0 Å². The first-order valence-corrected chi connectivity index (χ1v) is 7.95. The first-order chi connectivity index (χ1) is 10.2. The van der Waals surface area contributed by atoms with Crippen molar-refractivity contribution in [3.05, 3.63) is 39.8 Å². The molecule has 1 aromatic carbocycles. The molecular formula is C18H29N3O. The van der Waals surface area contributed by atoms with Crippen molar-refractivity contribution < 1.29 is 4.74 Å². The second-order valence-corrected chi connectivity index (χ2v) is 7.69. The summed E-state index contributed by atoms with van der Waals surface area (Å²) >= 11 is 0. The van der Waals surface area contributed by atoms with Gasteiger partial charge in [-0.2, -0.15) is 0 Å². The molecule has 0 saturated carbocycles. The molecule has 122 valence electrons. The summed E-state index contributed by atoms with van der Waals surface area (Å²) in [4.78, 5) is 2.77. The first-order valence-electron chi connectivity index (χ1n) is 7.95. The molecule has 0 radical (unpaired) electrons. The fourth-order valence-corrected chi connectivity index (χ4v) is 2.38. The van der Waals surface area contributed by atoms with E-state index in [4.69, 9.17) is 10.3 Å². The molecule has 0 bridgehead atoms. The molecule has 0 aromatic heterocycles. The average molecular weight is 303 g/mol. The summed E-state index contributed by atoms with van der Waals surface area (Å²) < 4.78 is 6.17. The minimum absolute atomic E-state index is 0.0433. The smallest absolute Gasteiger partial charge is 0.126 e. The molecule has 0 amide bonds. The Morgan fingerprint density at radius 2 is 1.55 bits per heavy atom. The highest BCUT2D eigenvalue weighted by molar-refractivity contribution is 5.48. The number of hydrogen-bond donors (Lipinski definition) is 0. The minimum atomic E-state index is 0.0433. The number of ether oxygens (including phenoxy) is 1. The van der Waals surface area contributed by atoms with E-state index < -0.39 is 0 Å². The lowest BCUT2D eigenvalue weighted by molar-refractivity contribution is 0.291. The molecular weight excluding hydrogens is 274 g/mol. The van der Waals surface area contributed by atoms with Gasteiger partial charge in [0.2, 0.25) is 0 Å². The van der Waals surface area contributed by atoms with Crippen molar-refractivity contribution in [3.63, 3.8) is 0 Å². The Balaban J connectivity index is 2.96. The van der Waals surface area contributed by atoms with E-state index >= 15 is 0 Å². The SMILES string of the molecule is CC(C)(C)c1cccc(C(C)(C)C)c1OCCCCN=[N+]=[N-]. The van der Waals surface area contributed by atoms with Crippen LogP contribution in [0.1, 0.15) is 65.5 Å². The predicted molar refractivity (Wildman–Crippen MR) is 92.6 cm³/mol. The predicted octanol–water partition coefficient (Wildman–Crippen LogP) is 5.75. The summed E-state index contributed by atoms with van der Waals surface area (Å²) in [6.07, 6.45) is 1.74. The third-order valence-electron chi connectivity index (χ3n) is 3.59. The maximum Gasteiger partial charge on any atom is 0.126 e. The number of benzene rings is 1. The van der Waals surface area contributed by atoms with Crippen molar-refractivity contribution in [1.29, 1.82) is 0 Å². The minimum Gasteiger partial charge on any atom is -0.493 e. The van der Waals surface area contributed by atoms with Gasteiger partial charge in [0.15, 0.2) is 0 Å². The Morgan fingerprint density at radius 3 is 2.00 bits per heavy atom. The van der Waals surface area contributed by atoms with Gasteiger partial charge in [-0.05, 0) is 40.3 Å². The number of azide groups is 1. The Bertz CT molecular complexity index is 500. The Morgan fingerprint density at radius 1 is 1.00 bits per heavy atom. The fourth-order valence-electron chi connectivity index (χ4n) is 2.38. The fraction of sp³-hybridized carbons (Fsp3) is 0.667. The summed E-state index contributed by atoms with van der Waals surface area (Å²) in [5, 5.41) is 3.55. The lowest BCUT2D eigenvalue weighted by Gasteiger charge is -2.29. The van der Waals surface area contributed by atoms with E-state index in [-0.39, 0.29) is 10.8 Å². The third kappa shape index (κ3) is 5.27. The zero-order chi connectivity index (χ0) is 16.8. The molecule has 0 spiro atoms. The first kappa shape index (κ1) is 18.4. The molecule has 0 saturated heterocycles. The zero-order valence-corrected chi connectivity index (χ0v) is 14.8. The van der Waals surface area contributed by atoms with Gasteiger partial charge in [-0.1, -0.05) is 64.9 Å². The molecule has 0 heterocycles. The van der Waals surface area contributed by atoms with Crippen LogP contribution in [0.4, 0.5) is 0 Å². The number of para-hydroxylation sites is 1. The van der Waals surface area contributed by atoms with E-state index in [2.05, 4.69) is 69.8 Å². The summed E-state index contributed by atoms with van der Waals surface area (Å²) in [6, 6.07) is 6.44. The van der Waals surface area contributed by atoms with Crippen LogP contribution in [-0.2, 0) is 10.8 Å². The third-order valence-corrected chi connectivity index (χ3v) is 3.59. The van der Waals surface area contributed by atoms with Gasteiger partial charge >= 0.3 is 0 Å². The monoisotopic (exact) mass is 303 g/mol. The highest BCUT2D eigenvalue weighted by Gasteiger charge is 2.26. The number of hydrogen-bond acceptors (Lipinski definition) is 2. The van der Waals surface area contributed by atoms with Crippen LogP contribution < -0.4 is 4.74 Å². The van der Waals surface area contributed by atoms with Crippen LogP contribution >= 0.6 is 0 Å². The van der Waals surface area contributed by atoms with E-state index in [1.165, 1.54) is 11.1 Å². The van der Waals surface area contributed by atoms with Gasteiger partial charge < -0.3 is 4.74 Å². The molecule has 0 N–H and O–H groups in total. The van der Waals surface area contributed by atoms with Crippen LogP contribution in [-0.4, -0.2) is 13.2 Å². The summed E-state index contributed by atoms with van der Waals surface area (Å²) in [6.45, 7) is 14.5. The van der Waals surface area contributed by atoms with Gasteiger partial charge in [0.05, 0.1) is 6.61 Å². The van der Waals surface area contributed by atoms with Crippen LogP contribution in [0.25, 0.3) is 10.4 Å². The van der Waals surface area contributed by atoms with Crippen molar-refractivity contribution in [2.45, 2.75) is 65.2 Å². The van der Waals surface area contributed by atoms with Crippen molar-refractivity contribution in [2.24, 2.45) is 5.11 Å². The van der Waals surface area contributed by atoms with Gasteiger partial charge in [0.1, 0.15) is 5.75 Å². The number of nitrogens with zero attached hydrogens (tertiary/aromatic N) is 3. The van der Waals surface area contributed by atoms with Gasteiger partial charge in [-0.25, -0.2) is 0 Å². The summed E-state index contributed by atoms with van der Waals surface area (Å²) in [5.41, 5.74) is 10.9. The quantitative estimate of drug-likeness (QED) is 0.285. The summed E-state index contributed by atoms with van der Waals surface area (Å²) in [5.74, 6) is 1.02. The Kier molecular flexibility index (Phi) is 6.31. The van der Waals surface area contributed by atoms with Crippen molar-refractivity contribution in [3.8, 4) is 5.75 Å². The van der Waals surface area contributed by atoms with Crippen LogP contribution in [0.15, 0.2) is 23.3 Å². The van der Waals surface area contributed by atoms with Gasteiger partial charge in [0, 0.05) is 11.5 Å². The van der Waals surface area contributed by atoms with E-state index in [1.54, 1.807) is 0 Å². The van der Waals surface area contributed by atoms with Gasteiger partial charge in [0.25, 0.3) is 0 Å². The second-order valence-electron chi connectivity index (χ2n) is 7.69. The number of unbranched alkanes of at least 4 members (excludes halogenated alkanes) is 1. The standard InChI is InChI=1S/C18H29N3O/c1-17(2,3)14-10-9-11-15(18(4,5)6)16(14)22-13-8-7-12-20-21-19/h9-11H,7-8,12-13H2,1-6H3. The van der Waals surface area contributed by atoms with E-state index in [9.17, 15) is 0 Å². The maximum atomic E-state index is 8.28. The lowest BCUT2D eigenvalue weighted by atomic mass is 9.79. The molecule has 0 aliphatic rings. The zero-order valence-electron chi connectivity index (χ0n) is 14.8. The molecule has 0 unspecified atom stereocenters. The highest BCUT2D eigenvalue weighted by atomic mass is 16.5. The van der Waals surface area contributed by atoms with Gasteiger partial charge in [-0.3, -0.25) is 0 Å². The van der Waals surface area contributed by atoms with Gasteiger partial charge in [-0.15, -0.1) is 0 Å². The molecule has 0 aliphatic carbocycles. The Hall–Kier alpha value is -1.67. The molecule has 1 aromatic rings.